The average molecular weight is 272 g/mol. The van der Waals surface area contributed by atoms with Gasteiger partial charge in [-0.3, -0.25) is 0 Å². The second kappa shape index (κ2) is 4.99. The van der Waals surface area contributed by atoms with Crippen LogP contribution in [0.1, 0.15) is 29.5 Å². The number of hydrogen-bond donors (Lipinski definition) is 1. The summed E-state index contributed by atoms with van der Waals surface area (Å²) in [5.41, 5.74) is 9.29. The van der Waals surface area contributed by atoms with Crippen molar-refractivity contribution in [3.05, 3.63) is 27.2 Å². The van der Waals surface area contributed by atoms with Crippen LogP contribution in [0.2, 0.25) is 0 Å². The molecule has 1 aromatic rings. The highest BCUT2D eigenvalue weighted by molar-refractivity contribution is 9.10. The van der Waals surface area contributed by atoms with Gasteiger partial charge in [0, 0.05) is 4.47 Å². The first-order chi connectivity index (χ1) is 7.02. The number of ether oxygens (including phenoxy) is 1. The maximum absolute atomic E-state index is 5.71. The molecule has 0 saturated carbocycles. The molecule has 0 heterocycles. The highest BCUT2D eigenvalue weighted by Gasteiger charge is 2.16. The fraction of sp³-hybridized carbons (Fsp3) is 0.500. The molecule has 0 aliphatic carbocycles. The van der Waals surface area contributed by atoms with E-state index in [1.54, 1.807) is 7.11 Å². The number of nitrogens with two attached hydrogens (primary N) is 1. The van der Waals surface area contributed by atoms with Crippen molar-refractivity contribution in [2.45, 2.75) is 26.7 Å². The highest BCUT2D eigenvalue weighted by Crippen LogP contribution is 2.35. The number of aryl methyl sites for hydroxylation is 1. The van der Waals surface area contributed by atoms with Gasteiger partial charge in [0.15, 0.2) is 0 Å². The summed E-state index contributed by atoms with van der Waals surface area (Å²) in [4.78, 5) is 0. The highest BCUT2D eigenvalue weighted by atomic mass is 79.9. The molecule has 0 aliphatic rings. The summed E-state index contributed by atoms with van der Waals surface area (Å²) < 4.78 is 6.53. The Kier molecular flexibility index (Phi) is 4.17. The standard InChI is InChI=1S/C12H18BrNO/c1-7-5-10(13)11(8(2)6-14)9(3)12(7)15-4/h5,8H,6,14H2,1-4H3. The van der Waals surface area contributed by atoms with Gasteiger partial charge in [0.2, 0.25) is 0 Å². The van der Waals surface area contributed by atoms with Gasteiger partial charge in [-0.2, -0.15) is 0 Å². The van der Waals surface area contributed by atoms with Gasteiger partial charge in [-0.15, -0.1) is 0 Å². The van der Waals surface area contributed by atoms with E-state index in [1.165, 1.54) is 11.1 Å². The van der Waals surface area contributed by atoms with Crippen LogP contribution < -0.4 is 10.5 Å². The van der Waals surface area contributed by atoms with Crippen LogP contribution in [0.15, 0.2) is 10.5 Å². The van der Waals surface area contributed by atoms with E-state index < -0.39 is 0 Å². The zero-order valence-electron chi connectivity index (χ0n) is 9.73. The lowest BCUT2D eigenvalue weighted by atomic mass is 9.94. The van der Waals surface area contributed by atoms with Crippen molar-refractivity contribution in [2.24, 2.45) is 5.73 Å². The Morgan fingerprint density at radius 3 is 2.53 bits per heavy atom. The number of methoxy groups -OCH3 is 1. The van der Waals surface area contributed by atoms with Gasteiger partial charge in [-0.25, -0.2) is 0 Å². The Hall–Kier alpha value is -0.540. The van der Waals surface area contributed by atoms with Gasteiger partial charge < -0.3 is 10.5 Å². The first-order valence-corrected chi connectivity index (χ1v) is 5.85. The Morgan fingerprint density at radius 1 is 1.47 bits per heavy atom. The molecule has 0 saturated heterocycles. The predicted octanol–water partition coefficient (Wildman–Crippen LogP) is 3.14. The number of rotatable bonds is 3. The normalized spacial score (nSPS) is 12.7. The fourth-order valence-electron chi connectivity index (χ4n) is 1.97. The number of hydrogen-bond acceptors (Lipinski definition) is 2. The van der Waals surface area contributed by atoms with Crippen LogP contribution >= 0.6 is 15.9 Å². The molecule has 2 nitrogen and oxygen atoms in total. The summed E-state index contributed by atoms with van der Waals surface area (Å²) in [7, 11) is 1.71. The van der Waals surface area contributed by atoms with E-state index in [1.807, 2.05) is 6.92 Å². The zero-order valence-corrected chi connectivity index (χ0v) is 11.3. The molecule has 0 amide bonds. The third kappa shape index (κ3) is 2.34. The van der Waals surface area contributed by atoms with Gasteiger partial charge >= 0.3 is 0 Å². The molecule has 0 bridgehead atoms. The Labute approximate surface area is 99.9 Å². The van der Waals surface area contributed by atoms with Crippen LogP contribution in [0.4, 0.5) is 0 Å². The molecule has 1 rings (SSSR count). The molecule has 3 heteroatoms. The van der Waals surface area contributed by atoms with Crippen molar-refractivity contribution < 1.29 is 4.74 Å². The zero-order chi connectivity index (χ0) is 11.6. The maximum atomic E-state index is 5.71. The molecular weight excluding hydrogens is 254 g/mol. The SMILES string of the molecule is COc1c(C)cc(Br)c(C(C)CN)c1C. The topological polar surface area (TPSA) is 35.2 Å². The minimum atomic E-state index is 0.342. The summed E-state index contributed by atoms with van der Waals surface area (Å²) in [6.45, 7) is 6.90. The van der Waals surface area contributed by atoms with Gasteiger partial charge in [0.05, 0.1) is 7.11 Å². The minimum absolute atomic E-state index is 0.342. The van der Waals surface area contributed by atoms with Crippen LogP contribution in [0.5, 0.6) is 5.75 Å². The smallest absolute Gasteiger partial charge is 0.125 e. The van der Waals surface area contributed by atoms with Crippen LogP contribution in [-0.4, -0.2) is 13.7 Å². The number of benzene rings is 1. The van der Waals surface area contributed by atoms with Gasteiger partial charge in [-0.1, -0.05) is 22.9 Å². The third-order valence-electron chi connectivity index (χ3n) is 2.75. The first kappa shape index (κ1) is 12.5. The lowest BCUT2D eigenvalue weighted by Gasteiger charge is -2.19. The third-order valence-corrected chi connectivity index (χ3v) is 3.41. The van der Waals surface area contributed by atoms with Crippen LogP contribution in [-0.2, 0) is 0 Å². The second-order valence-electron chi connectivity index (χ2n) is 3.88. The summed E-state index contributed by atoms with van der Waals surface area (Å²) in [5, 5.41) is 0. The summed E-state index contributed by atoms with van der Waals surface area (Å²) in [6, 6.07) is 2.09. The molecule has 0 radical (unpaired) electrons. The lowest BCUT2D eigenvalue weighted by Crippen LogP contribution is -2.11. The van der Waals surface area contributed by atoms with E-state index in [0.29, 0.717) is 12.5 Å². The average Bonchev–Trinajstić information content (AvgIpc) is 2.17. The predicted molar refractivity (Wildman–Crippen MR) is 67.6 cm³/mol. The quantitative estimate of drug-likeness (QED) is 0.917. The summed E-state index contributed by atoms with van der Waals surface area (Å²) >= 11 is 3.59. The largest absolute Gasteiger partial charge is 0.496 e. The lowest BCUT2D eigenvalue weighted by molar-refractivity contribution is 0.407. The van der Waals surface area contributed by atoms with Gasteiger partial charge in [0.1, 0.15) is 5.75 Å². The molecule has 2 N–H and O–H groups in total. The van der Waals surface area contributed by atoms with E-state index >= 15 is 0 Å². The van der Waals surface area contributed by atoms with E-state index in [9.17, 15) is 0 Å². The molecule has 0 aliphatic heterocycles. The molecule has 1 atom stereocenters. The van der Waals surface area contributed by atoms with Crippen LogP contribution in [0.25, 0.3) is 0 Å². The van der Waals surface area contributed by atoms with E-state index in [-0.39, 0.29) is 0 Å². The molecule has 84 valence electrons. The van der Waals surface area contributed by atoms with E-state index in [4.69, 9.17) is 10.5 Å². The summed E-state index contributed by atoms with van der Waals surface area (Å²) in [5.74, 6) is 1.31. The molecule has 1 aromatic carbocycles. The Morgan fingerprint density at radius 2 is 2.07 bits per heavy atom. The maximum Gasteiger partial charge on any atom is 0.125 e. The van der Waals surface area contributed by atoms with E-state index in [2.05, 4.69) is 35.8 Å². The van der Waals surface area contributed by atoms with Crippen molar-refractivity contribution >= 4 is 15.9 Å². The van der Waals surface area contributed by atoms with Crippen molar-refractivity contribution in [3.63, 3.8) is 0 Å². The molecular formula is C12H18BrNO. The minimum Gasteiger partial charge on any atom is -0.496 e. The molecule has 0 spiro atoms. The molecule has 15 heavy (non-hydrogen) atoms. The van der Waals surface area contributed by atoms with Gasteiger partial charge in [-0.05, 0) is 49.1 Å². The van der Waals surface area contributed by atoms with Gasteiger partial charge in [0.25, 0.3) is 0 Å². The van der Waals surface area contributed by atoms with Crippen molar-refractivity contribution in [1.29, 1.82) is 0 Å². The second-order valence-corrected chi connectivity index (χ2v) is 4.74. The Balaban J connectivity index is 3.38. The summed E-state index contributed by atoms with van der Waals surface area (Å²) in [6.07, 6.45) is 0. The van der Waals surface area contributed by atoms with Crippen LogP contribution in [0.3, 0.4) is 0 Å². The fourth-order valence-corrected chi connectivity index (χ4v) is 3.00. The molecule has 1 unspecified atom stereocenters. The van der Waals surface area contributed by atoms with Crippen molar-refractivity contribution in [2.75, 3.05) is 13.7 Å². The monoisotopic (exact) mass is 271 g/mol. The van der Waals surface area contributed by atoms with Crippen molar-refractivity contribution in [1.82, 2.24) is 0 Å². The molecule has 0 aromatic heterocycles. The Bertz CT molecular complexity index is 363. The molecule has 0 fully saturated rings. The van der Waals surface area contributed by atoms with E-state index in [0.717, 1.165) is 15.8 Å². The number of halogens is 1. The van der Waals surface area contributed by atoms with Crippen LogP contribution in [0, 0.1) is 13.8 Å². The van der Waals surface area contributed by atoms with Crippen molar-refractivity contribution in [3.8, 4) is 5.75 Å². The first-order valence-electron chi connectivity index (χ1n) is 5.06.